The van der Waals surface area contributed by atoms with Crippen LogP contribution in [0.3, 0.4) is 0 Å². The number of alkyl halides is 3. The summed E-state index contributed by atoms with van der Waals surface area (Å²) in [4.78, 5) is 10.3. The van der Waals surface area contributed by atoms with Gasteiger partial charge in [0.25, 0.3) is 0 Å². The Labute approximate surface area is 101 Å². The predicted molar refractivity (Wildman–Crippen MR) is 56.6 cm³/mol. The van der Waals surface area contributed by atoms with Crippen molar-refractivity contribution in [1.29, 1.82) is 0 Å². The molecule has 0 amide bonds. The van der Waals surface area contributed by atoms with Crippen molar-refractivity contribution >= 4 is 15.8 Å². The van der Waals surface area contributed by atoms with E-state index in [9.17, 15) is 26.4 Å². The van der Waals surface area contributed by atoms with Gasteiger partial charge in [-0.15, -0.1) is 0 Å². The Morgan fingerprint density at radius 3 is 2.28 bits per heavy atom. The second-order valence-electron chi connectivity index (χ2n) is 3.58. The lowest BCUT2D eigenvalue weighted by Crippen LogP contribution is -2.19. The Balaban J connectivity index is 3.09. The van der Waals surface area contributed by atoms with E-state index in [4.69, 9.17) is 5.11 Å². The average Bonchev–Trinajstić information content (AvgIpc) is 2.13. The average molecular weight is 282 g/mol. The number of benzene rings is 1. The Bertz CT molecular complexity index is 548. The molecule has 1 N–H and O–H groups in total. The predicted octanol–water partition coefficient (Wildman–Crippen LogP) is 1.70. The molecule has 1 rings (SSSR count). The molecule has 4 nitrogen and oxygen atoms in total. The van der Waals surface area contributed by atoms with Gasteiger partial charge in [0.2, 0.25) is 0 Å². The van der Waals surface area contributed by atoms with E-state index in [-0.39, 0.29) is 0 Å². The number of rotatable bonds is 4. The summed E-state index contributed by atoms with van der Waals surface area (Å²) in [5.41, 5.74) is -1.52. The first kappa shape index (κ1) is 14.5. The molecule has 8 heteroatoms. The topological polar surface area (TPSA) is 71.4 Å². The lowest BCUT2D eigenvalue weighted by Gasteiger charge is -2.12. The van der Waals surface area contributed by atoms with E-state index < -0.39 is 44.6 Å². The van der Waals surface area contributed by atoms with Gasteiger partial charge in [-0.05, 0) is 11.6 Å². The Kier molecular flexibility index (Phi) is 4.00. The molecule has 0 aliphatic carbocycles. The highest BCUT2D eigenvalue weighted by molar-refractivity contribution is 7.91. The molecule has 0 aliphatic heterocycles. The summed E-state index contributed by atoms with van der Waals surface area (Å²) in [6.45, 7) is 0. The van der Waals surface area contributed by atoms with Gasteiger partial charge in [0.05, 0.1) is 11.3 Å². The molecule has 0 atom stereocenters. The van der Waals surface area contributed by atoms with Crippen molar-refractivity contribution < 1.29 is 31.5 Å². The van der Waals surface area contributed by atoms with Crippen molar-refractivity contribution in [3.63, 3.8) is 0 Å². The molecule has 0 radical (unpaired) electrons. The van der Waals surface area contributed by atoms with Gasteiger partial charge in [0.15, 0.2) is 9.84 Å². The number of aliphatic carboxylic acids is 1. The van der Waals surface area contributed by atoms with Crippen LogP contribution in [0.1, 0.15) is 11.1 Å². The zero-order valence-corrected chi connectivity index (χ0v) is 9.75. The normalized spacial score (nSPS) is 12.4. The first-order valence-electron chi connectivity index (χ1n) is 4.69. The summed E-state index contributed by atoms with van der Waals surface area (Å²) in [7, 11) is -4.12. The van der Waals surface area contributed by atoms with Crippen LogP contribution in [0.15, 0.2) is 24.3 Å². The quantitative estimate of drug-likeness (QED) is 0.912. The van der Waals surface area contributed by atoms with Gasteiger partial charge in [-0.25, -0.2) is 8.42 Å². The van der Waals surface area contributed by atoms with E-state index in [0.717, 1.165) is 18.2 Å². The molecule has 0 bridgehead atoms. The maximum absolute atomic E-state index is 12.6. The maximum Gasteiger partial charge on any atom is 0.416 e. The second-order valence-corrected chi connectivity index (χ2v) is 5.65. The number of sulfone groups is 1. The molecule has 1 aromatic carbocycles. The fourth-order valence-corrected chi connectivity index (χ4v) is 2.60. The molecule has 0 unspecified atom stereocenters. The van der Waals surface area contributed by atoms with Gasteiger partial charge in [0, 0.05) is 0 Å². The monoisotopic (exact) mass is 282 g/mol. The molecule has 100 valence electrons. The van der Waals surface area contributed by atoms with Crippen LogP contribution < -0.4 is 0 Å². The fourth-order valence-electron chi connectivity index (χ4n) is 1.40. The van der Waals surface area contributed by atoms with Crippen LogP contribution in [-0.4, -0.2) is 25.2 Å². The minimum Gasteiger partial charge on any atom is -0.480 e. The molecule has 0 heterocycles. The fraction of sp³-hybridized carbons (Fsp3) is 0.300. The van der Waals surface area contributed by atoms with Gasteiger partial charge in [-0.3, -0.25) is 4.79 Å². The zero-order valence-electron chi connectivity index (χ0n) is 8.94. The van der Waals surface area contributed by atoms with E-state index >= 15 is 0 Å². The number of carbonyl (C=O) groups is 1. The minimum atomic E-state index is -4.67. The Hall–Kier alpha value is -1.57. The summed E-state index contributed by atoms with van der Waals surface area (Å²) < 4.78 is 60.4. The molecule has 0 saturated carbocycles. The third-order valence-corrected chi connectivity index (χ3v) is 3.48. The first-order chi connectivity index (χ1) is 8.12. The largest absolute Gasteiger partial charge is 0.480 e. The molecule has 1 aromatic rings. The third kappa shape index (κ3) is 4.02. The second kappa shape index (κ2) is 4.97. The van der Waals surface area contributed by atoms with Crippen LogP contribution in [0.2, 0.25) is 0 Å². The Morgan fingerprint density at radius 2 is 1.78 bits per heavy atom. The van der Waals surface area contributed by atoms with Crippen LogP contribution in [0.25, 0.3) is 0 Å². The van der Waals surface area contributed by atoms with Gasteiger partial charge < -0.3 is 5.11 Å². The summed E-state index contributed by atoms with van der Waals surface area (Å²) in [6.07, 6.45) is -4.67. The standard InChI is InChI=1S/C10H9F3O4S/c11-10(12,13)8-4-2-1-3-7(8)5-18(16,17)6-9(14)15/h1-4H,5-6H2,(H,14,15). The van der Waals surface area contributed by atoms with Crippen LogP contribution in [0, 0.1) is 0 Å². The van der Waals surface area contributed by atoms with Crippen LogP contribution in [-0.2, 0) is 26.6 Å². The zero-order chi connectivity index (χ0) is 14.0. The molecule has 0 saturated heterocycles. The highest BCUT2D eigenvalue weighted by Crippen LogP contribution is 2.32. The number of carboxylic acids is 1. The first-order valence-corrected chi connectivity index (χ1v) is 6.51. The van der Waals surface area contributed by atoms with Gasteiger partial charge >= 0.3 is 12.1 Å². The molecular weight excluding hydrogens is 273 g/mol. The number of hydrogen-bond acceptors (Lipinski definition) is 3. The van der Waals surface area contributed by atoms with E-state index in [2.05, 4.69) is 0 Å². The van der Waals surface area contributed by atoms with Crippen LogP contribution >= 0.6 is 0 Å². The van der Waals surface area contributed by atoms with Gasteiger partial charge in [-0.2, -0.15) is 13.2 Å². The van der Waals surface area contributed by atoms with E-state index in [1.54, 1.807) is 0 Å². The lowest BCUT2D eigenvalue weighted by atomic mass is 10.1. The lowest BCUT2D eigenvalue weighted by molar-refractivity contribution is -0.138. The van der Waals surface area contributed by atoms with Gasteiger partial charge in [-0.1, -0.05) is 18.2 Å². The highest BCUT2D eigenvalue weighted by Gasteiger charge is 2.34. The SMILES string of the molecule is O=C(O)CS(=O)(=O)Cc1ccccc1C(F)(F)F. The third-order valence-electron chi connectivity index (χ3n) is 2.04. The minimum absolute atomic E-state index is 0.453. The molecule has 0 fully saturated rings. The highest BCUT2D eigenvalue weighted by atomic mass is 32.2. The van der Waals surface area contributed by atoms with Crippen LogP contribution in [0.4, 0.5) is 13.2 Å². The summed E-state index contributed by atoms with van der Waals surface area (Å²) in [5, 5.41) is 8.35. The number of carboxylic acid groups (broad SMARTS) is 1. The van der Waals surface area contributed by atoms with Crippen molar-refractivity contribution in [2.45, 2.75) is 11.9 Å². The number of hydrogen-bond donors (Lipinski definition) is 1. The Morgan fingerprint density at radius 1 is 1.22 bits per heavy atom. The van der Waals surface area contributed by atoms with E-state index in [0.29, 0.717) is 0 Å². The van der Waals surface area contributed by atoms with Crippen molar-refractivity contribution in [2.75, 3.05) is 5.75 Å². The molecule has 0 aromatic heterocycles. The van der Waals surface area contributed by atoms with Crippen molar-refractivity contribution in [1.82, 2.24) is 0 Å². The maximum atomic E-state index is 12.6. The van der Waals surface area contributed by atoms with E-state index in [1.165, 1.54) is 6.07 Å². The molecular formula is C10H9F3O4S. The molecule has 0 spiro atoms. The van der Waals surface area contributed by atoms with Crippen molar-refractivity contribution in [2.24, 2.45) is 0 Å². The van der Waals surface area contributed by atoms with Crippen molar-refractivity contribution in [3.05, 3.63) is 35.4 Å². The summed E-state index contributed by atoms with van der Waals surface area (Å²) in [5.74, 6) is -3.74. The van der Waals surface area contributed by atoms with E-state index in [1.807, 2.05) is 0 Å². The van der Waals surface area contributed by atoms with Crippen molar-refractivity contribution in [3.8, 4) is 0 Å². The summed E-state index contributed by atoms with van der Waals surface area (Å²) >= 11 is 0. The van der Waals surface area contributed by atoms with Crippen LogP contribution in [0.5, 0.6) is 0 Å². The van der Waals surface area contributed by atoms with Gasteiger partial charge in [0.1, 0.15) is 5.75 Å². The smallest absolute Gasteiger partial charge is 0.416 e. The summed E-state index contributed by atoms with van der Waals surface area (Å²) in [6, 6.07) is 4.17. The molecule has 0 aliphatic rings. The molecule has 18 heavy (non-hydrogen) atoms. The number of halogens is 3.